The molecule has 2 atom stereocenters. The molecular formula is C19H22N4O3S. The Bertz CT molecular complexity index is 1060. The number of para-hydroxylation sites is 1. The number of aliphatic hydroxyl groups excluding tert-OH is 1. The number of pyridine rings is 1. The predicted molar refractivity (Wildman–Crippen MR) is 102 cm³/mol. The van der Waals surface area contributed by atoms with E-state index in [1.54, 1.807) is 17.1 Å². The van der Waals surface area contributed by atoms with Crippen LogP contribution in [0.1, 0.15) is 17.0 Å². The fourth-order valence-electron chi connectivity index (χ4n) is 3.82. The van der Waals surface area contributed by atoms with E-state index in [1.807, 2.05) is 43.6 Å². The van der Waals surface area contributed by atoms with Gasteiger partial charge in [-0.25, -0.2) is 12.7 Å². The highest BCUT2D eigenvalue weighted by atomic mass is 32.2. The van der Waals surface area contributed by atoms with Gasteiger partial charge < -0.3 is 5.11 Å². The summed E-state index contributed by atoms with van der Waals surface area (Å²) >= 11 is 0. The standard InChI is InChI=1S/C19H22N4O3S/c1-22-9-16(8-21-22)18-11-23(10-17(18)12-24)27(25,26)13-15-5-2-4-14-6-3-7-20-19(14)15/h2-9,17-18,24H,10-13H2,1H3/t17-,18-/m0/s1. The molecule has 142 valence electrons. The molecule has 0 radical (unpaired) electrons. The van der Waals surface area contributed by atoms with E-state index in [0.29, 0.717) is 24.2 Å². The number of benzene rings is 1. The molecule has 0 bridgehead atoms. The predicted octanol–water partition coefficient (Wildman–Crippen LogP) is 1.51. The first-order chi connectivity index (χ1) is 13.0. The van der Waals surface area contributed by atoms with E-state index in [-0.39, 0.29) is 24.2 Å². The molecule has 1 N–H and O–H groups in total. The van der Waals surface area contributed by atoms with Crippen molar-refractivity contribution < 1.29 is 13.5 Å². The first-order valence-electron chi connectivity index (χ1n) is 8.88. The molecule has 1 aliphatic rings. The zero-order chi connectivity index (χ0) is 19.0. The van der Waals surface area contributed by atoms with Gasteiger partial charge in [-0.15, -0.1) is 0 Å². The first-order valence-corrected chi connectivity index (χ1v) is 10.5. The van der Waals surface area contributed by atoms with Crippen molar-refractivity contribution in [3.8, 4) is 0 Å². The summed E-state index contributed by atoms with van der Waals surface area (Å²) in [5, 5.41) is 14.9. The number of fused-ring (bicyclic) bond motifs is 1. The molecule has 2 aromatic heterocycles. The monoisotopic (exact) mass is 386 g/mol. The zero-order valence-corrected chi connectivity index (χ0v) is 15.9. The number of nitrogens with zero attached hydrogens (tertiary/aromatic N) is 4. The number of rotatable bonds is 5. The van der Waals surface area contributed by atoms with E-state index < -0.39 is 10.0 Å². The average Bonchev–Trinajstić information content (AvgIpc) is 3.28. The van der Waals surface area contributed by atoms with Crippen molar-refractivity contribution >= 4 is 20.9 Å². The molecule has 0 saturated carbocycles. The molecule has 4 rings (SSSR count). The Labute approximate surface area is 158 Å². The zero-order valence-electron chi connectivity index (χ0n) is 15.1. The van der Waals surface area contributed by atoms with Crippen LogP contribution in [0.2, 0.25) is 0 Å². The van der Waals surface area contributed by atoms with Crippen LogP contribution in [-0.2, 0) is 22.8 Å². The fourth-order valence-corrected chi connectivity index (χ4v) is 5.44. The average molecular weight is 386 g/mol. The van der Waals surface area contributed by atoms with Gasteiger partial charge in [-0.05, 0) is 17.2 Å². The second-order valence-electron chi connectivity index (χ2n) is 7.06. The fraction of sp³-hybridized carbons (Fsp3) is 0.368. The third kappa shape index (κ3) is 3.47. The minimum atomic E-state index is -3.53. The maximum Gasteiger partial charge on any atom is 0.218 e. The molecule has 1 aliphatic heterocycles. The van der Waals surface area contributed by atoms with Gasteiger partial charge in [0.05, 0.1) is 17.5 Å². The van der Waals surface area contributed by atoms with Crippen molar-refractivity contribution in [1.82, 2.24) is 19.1 Å². The Kier molecular flexibility index (Phi) is 4.71. The smallest absolute Gasteiger partial charge is 0.218 e. The summed E-state index contributed by atoms with van der Waals surface area (Å²) in [7, 11) is -1.70. The van der Waals surface area contributed by atoms with E-state index in [2.05, 4.69) is 10.1 Å². The normalized spacial score (nSPS) is 21.1. The van der Waals surface area contributed by atoms with Crippen molar-refractivity contribution in [2.24, 2.45) is 13.0 Å². The van der Waals surface area contributed by atoms with Crippen molar-refractivity contribution in [3.05, 3.63) is 60.0 Å². The van der Waals surface area contributed by atoms with Crippen LogP contribution in [0, 0.1) is 5.92 Å². The maximum absolute atomic E-state index is 13.1. The summed E-state index contributed by atoms with van der Waals surface area (Å²) in [6.45, 7) is 0.620. The van der Waals surface area contributed by atoms with Crippen LogP contribution in [0.25, 0.3) is 10.9 Å². The molecule has 7 nitrogen and oxygen atoms in total. The molecule has 3 aromatic rings. The number of hydrogen-bond acceptors (Lipinski definition) is 5. The lowest BCUT2D eigenvalue weighted by molar-refractivity contribution is 0.223. The highest BCUT2D eigenvalue weighted by molar-refractivity contribution is 7.88. The summed E-state index contributed by atoms with van der Waals surface area (Å²) in [6, 6.07) is 9.35. The van der Waals surface area contributed by atoms with E-state index in [1.165, 1.54) is 4.31 Å². The van der Waals surface area contributed by atoms with Gasteiger partial charge in [0.2, 0.25) is 10.0 Å². The SMILES string of the molecule is Cn1cc([C@@H]2CN(S(=O)(=O)Cc3cccc4cccnc34)C[C@H]2CO)cn1. The van der Waals surface area contributed by atoms with Crippen molar-refractivity contribution in [1.29, 1.82) is 0 Å². The third-order valence-electron chi connectivity index (χ3n) is 5.24. The van der Waals surface area contributed by atoms with Gasteiger partial charge >= 0.3 is 0 Å². The number of sulfonamides is 1. The Balaban J connectivity index is 1.60. The molecule has 1 fully saturated rings. The van der Waals surface area contributed by atoms with Crippen LogP contribution in [-0.4, -0.2) is 52.3 Å². The Morgan fingerprint density at radius 1 is 1.22 bits per heavy atom. The van der Waals surface area contributed by atoms with Crippen molar-refractivity contribution in [2.45, 2.75) is 11.7 Å². The van der Waals surface area contributed by atoms with Crippen LogP contribution in [0.15, 0.2) is 48.9 Å². The van der Waals surface area contributed by atoms with Gasteiger partial charge in [0.1, 0.15) is 0 Å². The first kappa shape index (κ1) is 18.1. The number of aliphatic hydroxyl groups is 1. The van der Waals surface area contributed by atoms with Gasteiger partial charge in [-0.3, -0.25) is 9.67 Å². The Hall–Kier alpha value is -2.29. The van der Waals surface area contributed by atoms with Crippen LogP contribution >= 0.6 is 0 Å². The van der Waals surface area contributed by atoms with E-state index >= 15 is 0 Å². The number of hydrogen-bond donors (Lipinski definition) is 1. The van der Waals surface area contributed by atoms with Gasteiger partial charge in [0.25, 0.3) is 0 Å². The lowest BCUT2D eigenvalue weighted by atomic mass is 9.92. The molecule has 0 aliphatic carbocycles. The summed E-state index contributed by atoms with van der Waals surface area (Å²) in [4.78, 5) is 4.35. The van der Waals surface area contributed by atoms with Crippen molar-refractivity contribution in [3.63, 3.8) is 0 Å². The quantitative estimate of drug-likeness (QED) is 0.718. The summed E-state index contributed by atoms with van der Waals surface area (Å²) in [6.07, 6.45) is 5.31. The topological polar surface area (TPSA) is 88.3 Å². The number of aryl methyl sites for hydroxylation is 1. The van der Waals surface area contributed by atoms with Crippen LogP contribution in [0.4, 0.5) is 0 Å². The second kappa shape index (κ2) is 7.03. The molecule has 27 heavy (non-hydrogen) atoms. The van der Waals surface area contributed by atoms with Gasteiger partial charge in [-0.2, -0.15) is 5.10 Å². The van der Waals surface area contributed by atoms with Crippen LogP contribution in [0.5, 0.6) is 0 Å². The highest BCUT2D eigenvalue weighted by Crippen LogP contribution is 2.34. The molecular weight excluding hydrogens is 364 g/mol. The van der Waals surface area contributed by atoms with Crippen molar-refractivity contribution in [2.75, 3.05) is 19.7 Å². The maximum atomic E-state index is 13.1. The van der Waals surface area contributed by atoms with E-state index in [9.17, 15) is 13.5 Å². The van der Waals surface area contributed by atoms with Crippen LogP contribution in [0.3, 0.4) is 0 Å². The van der Waals surface area contributed by atoms with E-state index in [4.69, 9.17) is 0 Å². The molecule has 1 aromatic carbocycles. The molecule has 3 heterocycles. The van der Waals surface area contributed by atoms with E-state index in [0.717, 1.165) is 10.9 Å². The van der Waals surface area contributed by atoms with Gasteiger partial charge in [0, 0.05) is 56.4 Å². The summed E-state index contributed by atoms with van der Waals surface area (Å²) in [5.74, 6) is -0.280. The minimum Gasteiger partial charge on any atom is -0.396 e. The largest absolute Gasteiger partial charge is 0.396 e. The summed E-state index contributed by atoms with van der Waals surface area (Å²) < 4.78 is 29.4. The van der Waals surface area contributed by atoms with Gasteiger partial charge in [-0.1, -0.05) is 24.3 Å². The lowest BCUT2D eigenvalue weighted by Crippen LogP contribution is -2.30. The lowest BCUT2D eigenvalue weighted by Gasteiger charge is -2.17. The Morgan fingerprint density at radius 2 is 2.04 bits per heavy atom. The summed E-state index contributed by atoms with van der Waals surface area (Å²) in [5.41, 5.74) is 2.37. The molecule has 1 saturated heterocycles. The van der Waals surface area contributed by atoms with Gasteiger partial charge in [0.15, 0.2) is 0 Å². The Morgan fingerprint density at radius 3 is 2.78 bits per heavy atom. The second-order valence-corrected chi connectivity index (χ2v) is 9.03. The molecule has 0 amide bonds. The van der Waals surface area contributed by atoms with Crippen LogP contribution < -0.4 is 0 Å². The number of aromatic nitrogens is 3. The minimum absolute atomic E-state index is 0.0517. The molecule has 8 heteroatoms. The molecule has 0 spiro atoms. The highest BCUT2D eigenvalue weighted by Gasteiger charge is 2.39. The third-order valence-corrected chi connectivity index (χ3v) is 7.00. The molecule has 0 unspecified atom stereocenters.